The lowest BCUT2D eigenvalue weighted by molar-refractivity contribution is 0.276. The van der Waals surface area contributed by atoms with Crippen molar-refractivity contribution in [2.45, 2.75) is 38.0 Å². The predicted molar refractivity (Wildman–Crippen MR) is 79.7 cm³/mol. The highest BCUT2D eigenvalue weighted by molar-refractivity contribution is 5.85. The molecule has 2 heteroatoms. The summed E-state index contributed by atoms with van der Waals surface area (Å²) < 4.78 is 0. The van der Waals surface area contributed by atoms with Crippen LogP contribution in [0.15, 0.2) is 18.2 Å². The van der Waals surface area contributed by atoms with Crippen molar-refractivity contribution in [2.24, 2.45) is 5.92 Å². The minimum Gasteiger partial charge on any atom is -0.309 e. The molecule has 2 unspecified atom stereocenters. The van der Waals surface area contributed by atoms with Gasteiger partial charge in [0.05, 0.1) is 0 Å². The van der Waals surface area contributed by atoms with Crippen LogP contribution in [0.3, 0.4) is 0 Å². The molecule has 0 heterocycles. The molecule has 0 bridgehead atoms. The molecule has 0 saturated carbocycles. The van der Waals surface area contributed by atoms with Crippen LogP contribution in [0.1, 0.15) is 41.9 Å². The van der Waals surface area contributed by atoms with Gasteiger partial charge in [-0.2, -0.15) is 0 Å². The fourth-order valence-electron chi connectivity index (χ4n) is 3.96. The zero-order valence-corrected chi connectivity index (χ0v) is 12.3. The van der Waals surface area contributed by atoms with Gasteiger partial charge >= 0.3 is 0 Å². The third-order valence-corrected chi connectivity index (χ3v) is 4.44. The average molecular weight is 266 g/mol. The highest BCUT2D eigenvalue weighted by Gasteiger charge is 2.30. The molecule has 0 spiro atoms. The predicted octanol–water partition coefficient (Wildman–Crippen LogP) is 3.65. The van der Waals surface area contributed by atoms with Gasteiger partial charge < -0.3 is 4.90 Å². The van der Waals surface area contributed by atoms with Crippen molar-refractivity contribution in [1.29, 1.82) is 0 Å². The molecular weight excluding hydrogens is 242 g/mol. The molecule has 0 aromatic heterocycles. The Hall–Kier alpha value is -0.530. The van der Waals surface area contributed by atoms with Gasteiger partial charge in [-0.15, -0.1) is 12.4 Å². The lowest BCUT2D eigenvalue weighted by Gasteiger charge is -2.37. The molecule has 0 aliphatic heterocycles. The van der Waals surface area contributed by atoms with Crippen LogP contribution in [-0.4, -0.2) is 25.5 Å². The lowest BCUT2D eigenvalue weighted by atomic mass is 9.70. The molecule has 0 amide bonds. The first kappa shape index (κ1) is 13.9. The van der Waals surface area contributed by atoms with Gasteiger partial charge in [0, 0.05) is 6.54 Å². The van der Waals surface area contributed by atoms with Crippen LogP contribution in [0.2, 0.25) is 0 Å². The van der Waals surface area contributed by atoms with E-state index in [9.17, 15) is 0 Å². The summed E-state index contributed by atoms with van der Waals surface area (Å²) in [4.78, 5) is 2.35. The van der Waals surface area contributed by atoms with E-state index in [-0.39, 0.29) is 12.4 Å². The molecule has 0 N–H and O–H groups in total. The Morgan fingerprint density at radius 1 is 1.22 bits per heavy atom. The fraction of sp³-hybridized carbons (Fsp3) is 0.625. The lowest BCUT2D eigenvalue weighted by Crippen LogP contribution is -2.30. The van der Waals surface area contributed by atoms with E-state index in [4.69, 9.17) is 0 Å². The topological polar surface area (TPSA) is 3.24 Å². The smallest absolute Gasteiger partial charge is 0.000696 e. The van der Waals surface area contributed by atoms with E-state index in [1.54, 1.807) is 16.7 Å². The van der Waals surface area contributed by atoms with E-state index in [2.05, 4.69) is 37.2 Å². The van der Waals surface area contributed by atoms with Gasteiger partial charge in [0.15, 0.2) is 0 Å². The second-order valence-electron chi connectivity index (χ2n) is 6.15. The maximum absolute atomic E-state index is 2.37. The van der Waals surface area contributed by atoms with Crippen LogP contribution in [0.5, 0.6) is 0 Å². The van der Waals surface area contributed by atoms with Gasteiger partial charge in [0.25, 0.3) is 0 Å². The summed E-state index contributed by atoms with van der Waals surface area (Å²) in [5.41, 5.74) is 5.06. The van der Waals surface area contributed by atoms with Gasteiger partial charge in [-0.05, 0) is 74.7 Å². The Labute approximate surface area is 117 Å². The van der Waals surface area contributed by atoms with E-state index in [0.717, 1.165) is 11.8 Å². The summed E-state index contributed by atoms with van der Waals surface area (Å²) in [6.07, 6.45) is 6.86. The number of nitrogens with zero attached hydrogens (tertiary/aromatic N) is 1. The Kier molecular flexibility index (Phi) is 4.34. The second-order valence-corrected chi connectivity index (χ2v) is 6.15. The molecule has 1 nitrogen and oxygen atoms in total. The van der Waals surface area contributed by atoms with Crippen LogP contribution in [0, 0.1) is 5.92 Å². The second kappa shape index (κ2) is 5.63. The molecule has 100 valence electrons. The summed E-state index contributed by atoms with van der Waals surface area (Å²) in [6, 6.07) is 7.00. The third kappa shape index (κ3) is 2.57. The van der Waals surface area contributed by atoms with E-state index in [1.807, 2.05) is 0 Å². The third-order valence-electron chi connectivity index (χ3n) is 4.44. The molecule has 2 aliphatic rings. The molecule has 0 radical (unpaired) electrons. The number of hydrogen-bond donors (Lipinski definition) is 0. The van der Waals surface area contributed by atoms with Crippen molar-refractivity contribution in [1.82, 2.24) is 4.90 Å². The van der Waals surface area contributed by atoms with Gasteiger partial charge in [-0.25, -0.2) is 0 Å². The van der Waals surface area contributed by atoms with Crippen LogP contribution in [0.25, 0.3) is 0 Å². The number of hydrogen-bond acceptors (Lipinski definition) is 1. The van der Waals surface area contributed by atoms with E-state index >= 15 is 0 Å². The Morgan fingerprint density at radius 2 is 2.00 bits per heavy atom. The first-order valence-corrected chi connectivity index (χ1v) is 6.99. The van der Waals surface area contributed by atoms with Crippen molar-refractivity contribution < 1.29 is 0 Å². The maximum atomic E-state index is 2.37. The zero-order valence-electron chi connectivity index (χ0n) is 11.5. The molecule has 0 fully saturated rings. The van der Waals surface area contributed by atoms with Crippen molar-refractivity contribution in [3.63, 3.8) is 0 Å². The summed E-state index contributed by atoms with van der Waals surface area (Å²) in [7, 11) is 4.40. The van der Waals surface area contributed by atoms with E-state index in [0.29, 0.717) is 0 Å². The zero-order chi connectivity index (χ0) is 11.8. The normalized spacial score (nSPS) is 25.5. The standard InChI is InChI=1S/C16H23N.ClH/c1-17(2)11-12-9-14-7-3-5-13-6-4-8-15(10-12)16(13)14;/h3,5,7,12,15H,4,6,8-11H2,1-2H3;1H. The van der Waals surface area contributed by atoms with Crippen LogP contribution < -0.4 is 0 Å². The van der Waals surface area contributed by atoms with Gasteiger partial charge in [0.2, 0.25) is 0 Å². The number of benzene rings is 1. The molecular formula is C16H24ClN. The highest BCUT2D eigenvalue weighted by Crippen LogP contribution is 2.43. The SMILES string of the molecule is CN(C)CC1Cc2cccc3c2C(CCC3)C1.Cl. The monoisotopic (exact) mass is 265 g/mol. The molecule has 3 rings (SSSR count). The van der Waals surface area contributed by atoms with Crippen molar-refractivity contribution >= 4 is 12.4 Å². The Bertz CT molecular complexity index is 414. The molecule has 1 aromatic rings. The minimum atomic E-state index is 0. The van der Waals surface area contributed by atoms with E-state index < -0.39 is 0 Å². The largest absolute Gasteiger partial charge is 0.309 e. The highest BCUT2D eigenvalue weighted by atomic mass is 35.5. The summed E-state index contributed by atoms with van der Waals surface area (Å²) in [5, 5.41) is 0. The molecule has 2 aliphatic carbocycles. The Balaban J connectivity index is 0.00000120. The maximum Gasteiger partial charge on any atom is 0.000696 e. The minimum absolute atomic E-state index is 0. The average Bonchev–Trinajstić information content (AvgIpc) is 2.28. The number of rotatable bonds is 2. The fourth-order valence-corrected chi connectivity index (χ4v) is 3.96. The quantitative estimate of drug-likeness (QED) is 0.789. The van der Waals surface area contributed by atoms with Crippen molar-refractivity contribution in [2.75, 3.05) is 20.6 Å². The van der Waals surface area contributed by atoms with Crippen molar-refractivity contribution in [3.8, 4) is 0 Å². The molecule has 2 atom stereocenters. The summed E-state index contributed by atoms with van der Waals surface area (Å²) in [5.74, 6) is 1.74. The van der Waals surface area contributed by atoms with Crippen LogP contribution >= 0.6 is 12.4 Å². The summed E-state index contributed by atoms with van der Waals surface area (Å²) in [6.45, 7) is 1.25. The number of halogens is 1. The molecule has 1 aromatic carbocycles. The summed E-state index contributed by atoms with van der Waals surface area (Å²) >= 11 is 0. The van der Waals surface area contributed by atoms with Crippen LogP contribution in [0.4, 0.5) is 0 Å². The Morgan fingerprint density at radius 3 is 2.78 bits per heavy atom. The van der Waals surface area contributed by atoms with Crippen LogP contribution in [-0.2, 0) is 12.8 Å². The van der Waals surface area contributed by atoms with Gasteiger partial charge in [-0.1, -0.05) is 18.2 Å². The first-order chi connectivity index (χ1) is 8.24. The van der Waals surface area contributed by atoms with E-state index in [1.165, 1.54) is 38.6 Å². The van der Waals surface area contributed by atoms with Gasteiger partial charge in [-0.3, -0.25) is 0 Å². The molecule has 18 heavy (non-hydrogen) atoms. The molecule has 0 saturated heterocycles. The van der Waals surface area contributed by atoms with Gasteiger partial charge in [0.1, 0.15) is 0 Å². The first-order valence-electron chi connectivity index (χ1n) is 6.99. The van der Waals surface area contributed by atoms with Crippen molar-refractivity contribution in [3.05, 3.63) is 34.9 Å². The number of aryl methyl sites for hydroxylation is 1.